The van der Waals surface area contributed by atoms with E-state index in [2.05, 4.69) is 56.5 Å². The van der Waals surface area contributed by atoms with Gasteiger partial charge in [-0.15, -0.1) is 0 Å². The molecule has 0 aromatic heterocycles. The standard InChI is InChI=1S/C16H20SSi.2ClH.Zr/c1-4-14-16(12-8-5-6-9-12)13-10-7-11-15(13)17(14)18(2)3;;;/h5-8,10-11,14H,4,9H2,1-3H3;2*1H;/q;;;+2/p-2. The predicted octanol–water partition coefficient (Wildman–Crippen LogP) is -1.06. The van der Waals surface area contributed by atoms with E-state index in [9.17, 15) is 0 Å². The molecule has 1 heterocycles. The molecule has 0 aromatic rings. The van der Waals surface area contributed by atoms with Crippen LogP contribution in [0.3, 0.4) is 0 Å². The third-order valence-electron chi connectivity index (χ3n) is 3.84. The van der Waals surface area contributed by atoms with Crippen molar-refractivity contribution >= 4 is 17.4 Å². The molecule has 0 fully saturated rings. The van der Waals surface area contributed by atoms with E-state index in [1.54, 1.807) is 21.6 Å². The summed E-state index contributed by atoms with van der Waals surface area (Å²) < 4.78 is 0. The fraction of sp³-hybridized carbons (Fsp3) is 0.375. The SMILES string of the molecule is CCC1C(C2=CC=CC2)=C2C=CC=C2S1=[Si](C)C.[Cl-].[Cl-].[Zr+2]. The van der Waals surface area contributed by atoms with Crippen molar-refractivity contribution in [1.29, 1.82) is 0 Å². The Bertz CT molecular complexity index is 593. The molecule has 0 spiro atoms. The van der Waals surface area contributed by atoms with Gasteiger partial charge in [0.05, 0.1) is 0 Å². The second-order valence-corrected chi connectivity index (χ2v) is 12.5. The first-order valence-electron chi connectivity index (χ1n) is 6.76. The largest absolute Gasteiger partial charge is 2.00 e. The fourth-order valence-electron chi connectivity index (χ4n) is 3.16. The van der Waals surface area contributed by atoms with Crippen LogP contribution in [0.15, 0.2) is 58.1 Å². The summed E-state index contributed by atoms with van der Waals surface area (Å²) in [5.41, 5.74) is 4.83. The van der Waals surface area contributed by atoms with Crippen molar-refractivity contribution in [1.82, 2.24) is 0 Å². The van der Waals surface area contributed by atoms with Crippen LogP contribution in [0.25, 0.3) is 0 Å². The monoisotopic (exact) mass is 432 g/mol. The molecule has 0 nitrogen and oxygen atoms in total. The van der Waals surface area contributed by atoms with Crippen LogP contribution in [0, 0.1) is 0 Å². The van der Waals surface area contributed by atoms with E-state index in [0.717, 1.165) is 11.7 Å². The maximum absolute atomic E-state index is 2.48. The van der Waals surface area contributed by atoms with Gasteiger partial charge >= 0.3 is 26.2 Å². The van der Waals surface area contributed by atoms with E-state index < -0.39 is 0 Å². The Morgan fingerprint density at radius 1 is 1.19 bits per heavy atom. The van der Waals surface area contributed by atoms with Crippen molar-refractivity contribution in [2.24, 2.45) is 0 Å². The van der Waals surface area contributed by atoms with Gasteiger partial charge in [0, 0.05) is 17.7 Å². The Morgan fingerprint density at radius 2 is 1.90 bits per heavy atom. The summed E-state index contributed by atoms with van der Waals surface area (Å²) in [6, 6.07) is 0. The van der Waals surface area contributed by atoms with Gasteiger partial charge in [0.2, 0.25) is 0 Å². The minimum Gasteiger partial charge on any atom is -1.00 e. The Kier molecular flexibility index (Phi) is 9.45. The van der Waals surface area contributed by atoms with Gasteiger partial charge in [-0.05, 0) is 35.6 Å². The summed E-state index contributed by atoms with van der Waals surface area (Å²) in [5.74, 6) is 0. The molecule has 112 valence electrons. The number of hydrogen-bond donors (Lipinski definition) is 0. The van der Waals surface area contributed by atoms with Crippen LogP contribution in [0.4, 0.5) is 0 Å². The van der Waals surface area contributed by atoms with Gasteiger partial charge < -0.3 is 24.8 Å². The molecular weight excluding hydrogens is 414 g/mol. The first kappa shape index (κ1) is 21.7. The van der Waals surface area contributed by atoms with E-state index in [4.69, 9.17) is 0 Å². The summed E-state index contributed by atoms with van der Waals surface area (Å²) in [6.07, 6.45) is 16.3. The number of fused-ring (bicyclic) bond motifs is 1. The molecular formula is C16H20Cl2SSiZr. The molecule has 21 heavy (non-hydrogen) atoms. The molecule has 3 rings (SSSR count). The topological polar surface area (TPSA) is 0 Å². The van der Waals surface area contributed by atoms with Crippen LogP contribution in [-0.2, 0) is 26.2 Å². The molecule has 0 aromatic carbocycles. The van der Waals surface area contributed by atoms with Crippen LogP contribution < -0.4 is 24.8 Å². The van der Waals surface area contributed by atoms with E-state index in [1.807, 2.05) is 0 Å². The van der Waals surface area contributed by atoms with Crippen molar-refractivity contribution in [2.75, 3.05) is 0 Å². The molecule has 2 unspecified atom stereocenters. The molecule has 0 bridgehead atoms. The third kappa shape index (κ3) is 3.80. The Balaban J connectivity index is 0.00000133. The van der Waals surface area contributed by atoms with Gasteiger partial charge in [-0.1, -0.05) is 50.4 Å². The van der Waals surface area contributed by atoms with Crippen molar-refractivity contribution in [3.8, 4) is 0 Å². The van der Waals surface area contributed by atoms with Gasteiger partial charge in [0.1, 0.15) is 0 Å². The second-order valence-electron chi connectivity index (χ2n) is 5.18. The van der Waals surface area contributed by atoms with Crippen LogP contribution in [0.1, 0.15) is 19.8 Å². The maximum atomic E-state index is 2.48. The van der Waals surface area contributed by atoms with Crippen molar-refractivity contribution in [3.63, 3.8) is 0 Å². The molecule has 0 N–H and O–H groups in total. The number of halogens is 2. The van der Waals surface area contributed by atoms with Crippen LogP contribution in [0.2, 0.25) is 13.1 Å². The Labute approximate surface area is 163 Å². The zero-order chi connectivity index (χ0) is 12.7. The van der Waals surface area contributed by atoms with Gasteiger partial charge in [-0.2, -0.15) is 9.89 Å². The Morgan fingerprint density at radius 3 is 2.43 bits per heavy atom. The van der Waals surface area contributed by atoms with E-state index in [1.165, 1.54) is 6.42 Å². The summed E-state index contributed by atoms with van der Waals surface area (Å²) in [7, 11) is 0.253. The second kappa shape index (κ2) is 9.13. The summed E-state index contributed by atoms with van der Waals surface area (Å²) in [5, 5.41) is 0.797. The molecule has 0 saturated carbocycles. The third-order valence-corrected chi connectivity index (χ3v) is 10.8. The smallest absolute Gasteiger partial charge is 1.00 e. The van der Waals surface area contributed by atoms with Crippen molar-refractivity contribution in [2.45, 2.75) is 38.1 Å². The summed E-state index contributed by atoms with van der Waals surface area (Å²) in [4.78, 5) is 1.67. The number of hydrogen-bond acceptors (Lipinski definition) is 0. The summed E-state index contributed by atoms with van der Waals surface area (Å²) in [6.45, 7) is 7.33. The normalized spacial score (nSPS) is 24.7. The Hall–Kier alpha value is 0.730. The van der Waals surface area contributed by atoms with Crippen molar-refractivity contribution < 1.29 is 51.0 Å². The van der Waals surface area contributed by atoms with Crippen LogP contribution in [0.5, 0.6) is 0 Å². The van der Waals surface area contributed by atoms with Crippen molar-refractivity contribution in [3.05, 3.63) is 58.1 Å². The zero-order valence-corrected chi connectivity index (χ0v) is 18.4. The average Bonchev–Trinajstić information content (AvgIpc) is 3.03. The molecule has 0 saturated heterocycles. The number of rotatable bonds is 2. The summed E-state index contributed by atoms with van der Waals surface area (Å²) >= 11 is 0. The van der Waals surface area contributed by atoms with Gasteiger partial charge in [-0.3, -0.25) is 0 Å². The quantitative estimate of drug-likeness (QED) is 0.486. The first-order chi connectivity index (χ1) is 8.74. The molecule has 2 aliphatic carbocycles. The molecule has 0 amide bonds. The average molecular weight is 435 g/mol. The maximum Gasteiger partial charge on any atom is 2.00 e. The first-order valence-corrected chi connectivity index (χ1v) is 11.3. The minimum absolute atomic E-state index is 0. The van der Waals surface area contributed by atoms with Gasteiger partial charge in [0.25, 0.3) is 0 Å². The molecule has 0 radical (unpaired) electrons. The molecule has 5 heteroatoms. The fourth-order valence-corrected chi connectivity index (χ4v) is 10.4. The zero-order valence-electron chi connectivity index (χ0n) is 12.6. The van der Waals surface area contributed by atoms with Crippen LogP contribution in [-0.4, -0.2) is 12.8 Å². The minimum atomic E-state index is -0.256. The van der Waals surface area contributed by atoms with E-state index in [-0.39, 0.29) is 58.5 Å². The van der Waals surface area contributed by atoms with E-state index in [0.29, 0.717) is 9.89 Å². The molecule has 3 aliphatic rings. The van der Waals surface area contributed by atoms with E-state index >= 15 is 0 Å². The molecule has 1 aliphatic heterocycles. The van der Waals surface area contributed by atoms with Crippen LogP contribution >= 0.6 is 9.89 Å². The predicted molar refractivity (Wildman–Crippen MR) is 85.2 cm³/mol. The van der Waals surface area contributed by atoms with Gasteiger partial charge in [0.15, 0.2) is 0 Å². The molecule has 2 atom stereocenters. The number of allylic oxidation sites excluding steroid dienone is 8. The van der Waals surface area contributed by atoms with Gasteiger partial charge in [-0.25, -0.2) is 0 Å².